The fraction of sp³-hybridized carbons (Fsp3) is 0.429. The van der Waals surface area contributed by atoms with Crippen LogP contribution in [0.5, 0.6) is 0 Å². The van der Waals surface area contributed by atoms with E-state index >= 15 is 0 Å². The Bertz CT molecular complexity index is 535. The molecule has 4 nitrogen and oxygen atoms in total. The summed E-state index contributed by atoms with van der Waals surface area (Å²) in [5.74, 6) is 1.07. The van der Waals surface area contributed by atoms with E-state index in [-0.39, 0.29) is 0 Å². The normalized spacial score (nSPS) is 20.3. The molecule has 2 aromatic rings. The van der Waals surface area contributed by atoms with Gasteiger partial charge in [0.1, 0.15) is 12.1 Å². The van der Waals surface area contributed by atoms with Gasteiger partial charge in [-0.05, 0) is 32.0 Å². The van der Waals surface area contributed by atoms with Gasteiger partial charge in [-0.15, -0.1) is 0 Å². The minimum absolute atomic E-state index is 0.562. The average molecular weight is 242 g/mol. The van der Waals surface area contributed by atoms with E-state index in [0.29, 0.717) is 6.04 Å². The van der Waals surface area contributed by atoms with Crippen molar-refractivity contribution in [1.82, 2.24) is 15.3 Å². The smallest absolute Gasteiger partial charge is 0.139 e. The maximum Gasteiger partial charge on any atom is 0.139 e. The van der Waals surface area contributed by atoms with E-state index in [9.17, 15) is 0 Å². The number of anilines is 1. The third-order valence-electron chi connectivity index (χ3n) is 3.65. The van der Waals surface area contributed by atoms with Crippen molar-refractivity contribution in [2.45, 2.75) is 18.9 Å². The molecule has 0 saturated carbocycles. The second-order valence-electron chi connectivity index (χ2n) is 4.79. The zero-order valence-corrected chi connectivity index (χ0v) is 10.6. The molecule has 1 saturated heterocycles. The van der Waals surface area contributed by atoms with E-state index in [2.05, 4.69) is 32.3 Å². The minimum atomic E-state index is 0.562. The molecule has 1 atom stereocenters. The highest BCUT2D eigenvalue weighted by Gasteiger charge is 2.20. The highest BCUT2D eigenvalue weighted by Crippen LogP contribution is 2.25. The second kappa shape index (κ2) is 4.90. The van der Waals surface area contributed by atoms with Gasteiger partial charge in [0.2, 0.25) is 0 Å². The summed E-state index contributed by atoms with van der Waals surface area (Å²) in [4.78, 5) is 11.2. The molecule has 1 fully saturated rings. The Kier molecular flexibility index (Phi) is 3.11. The first-order chi connectivity index (χ1) is 8.88. The van der Waals surface area contributed by atoms with Crippen molar-refractivity contribution in [1.29, 1.82) is 0 Å². The van der Waals surface area contributed by atoms with Crippen LogP contribution in [0.3, 0.4) is 0 Å². The Labute approximate surface area is 107 Å². The zero-order valence-electron chi connectivity index (χ0n) is 10.6. The standard InChI is InChI=1S/C14H18N4/c1-15-11-5-4-8-18(9-11)14-12-6-2-3-7-13(12)16-10-17-14/h2-3,6-7,10-11,15H,4-5,8-9H2,1H3. The number of benzene rings is 1. The van der Waals surface area contributed by atoms with Crippen molar-refractivity contribution < 1.29 is 0 Å². The molecule has 0 spiro atoms. The fourth-order valence-corrected chi connectivity index (χ4v) is 2.65. The number of nitrogens with one attached hydrogen (secondary N) is 1. The largest absolute Gasteiger partial charge is 0.354 e. The highest BCUT2D eigenvalue weighted by molar-refractivity contribution is 5.89. The molecular formula is C14H18N4. The van der Waals surface area contributed by atoms with Crippen molar-refractivity contribution in [2.24, 2.45) is 0 Å². The first-order valence-corrected chi connectivity index (χ1v) is 6.50. The summed E-state index contributed by atoms with van der Waals surface area (Å²) in [6.07, 6.45) is 4.13. The summed E-state index contributed by atoms with van der Waals surface area (Å²) in [7, 11) is 2.03. The van der Waals surface area contributed by atoms with Crippen molar-refractivity contribution in [3.8, 4) is 0 Å². The van der Waals surface area contributed by atoms with Crippen LogP contribution >= 0.6 is 0 Å². The van der Waals surface area contributed by atoms with E-state index in [1.54, 1.807) is 6.33 Å². The van der Waals surface area contributed by atoms with E-state index < -0.39 is 0 Å². The van der Waals surface area contributed by atoms with Gasteiger partial charge in [0.25, 0.3) is 0 Å². The molecule has 4 heteroatoms. The lowest BCUT2D eigenvalue weighted by Crippen LogP contribution is -2.44. The number of fused-ring (bicyclic) bond motifs is 1. The van der Waals surface area contributed by atoms with Crippen molar-refractivity contribution in [3.05, 3.63) is 30.6 Å². The quantitative estimate of drug-likeness (QED) is 0.872. The molecule has 1 N–H and O–H groups in total. The summed E-state index contributed by atoms with van der Waals surface area (Å²) in [6, 6.07) is 8.78. The van der Waals surface area contributed by atoms with Crippen molar-refractivity contribution >= 4 is 16.7 Å². The van der Waals surface area contributed by atoms with Gasteiger partial charge in [0, 0.05) is 24.5 Å². The van der Waals surface area contributed by atoms with Gasteiger partial charge < -0.3 is 10.2 Å². The molecule has 1 unspecified atom stereocenters. The molecule has 0 amide bonds. The lowest BCUT2D eigenvalue weighted by molar-refractivity contribution is 0.448. The molecule has 1 aliphatic heterocycles. The van der Waals surface area contributed by atoms with Gasteiger partial charge in [-0.2, -0.15) is 0 Å². The predicted molar refractivity (Wildman–Crippen MR) is 73.8 cm³/mol. The Morgan fingerprint density at radius 3 is 3.06 bits per heavy atom. The molecule has 1 aliphatic rings. The number of nitrogens with zero attached hydrogens (tertiary/aromatic N) is 3. The van der Waals surface area contributed by atoms with Crippen LogP contribution in [0.4, 0.5) is 5.82 Å². The summed E-state index contributed by atoms with van der Waals surface area (Å²) in [6.45, 7) is 2.11. The maximum absolute atomic E-state index is 4.49. The number of hydrogen-bond acceptors (Lipinski definition) is 4. The summed E-state index contributed by atoms with van der Waals surface area (Å²) < 4.78 is 0. The molecule has 0 radical (unpaired) electrons. The van der Waals surface area contributed by atoms with Crippen LogP contribution in [0.2, 0.25) is 0 Å². The Hall–Kier alpha value is -1.68. The number of likely N-dealkylation sites (N-methyl/N-ethyl adjacent to an activating group) is 1. The highest BCUT2D eigenvalue weighted by atomic mass is 15.2. The molecule has 2 heterocycles. The molecule has 94 valence electrons. The average Bonchev–Trinajstić information content (AvgIpc) is 2.47. The lowest BCUT2D eigenvalue weighted by Gasteiger charge is -2.33. The molecule has 1 aromatic carbocycles. The third kappa shape index (κ3) is 2.04. The van der Waals surface area contributed by atoms with Gasteiger partial charge in [-0.3, -0.25) is 0 Å². The zero-order chi connectivity index (χ0) is 12.4. The summed E-state index contributed by atoms with van der Waals surface area (Å²) in [5, 5.41) is 4.52. The van der Waals surface area contributed by atoms with Crippen LogP contribution in [0.25, 0.3) is 10.9 Å². The molecule has 0 aliphatic carbocycles. The predicted octanol–water partition coefficient (Wildman–Crippen LogP) is 1.82. The van der Waals surface area contributed by atoms with E-state index in [4.69, 9.17) is 0 Å². The first kappa shape index (κ1) is 11.4. The minimum Gasteiger partial charge on any atom is -0.354 e. The van der Waals surface area contributed by atoms with Crippen LogP contribution in [0, 0.1) is 0 Å². The van der Waals surface area contributed by atoms with Crippen molar-refractivity contribution in [2.75, 3.05) is 25.0 Å². The maximum atomic E-state index is 4.49. The third-order valence-corrected chi connectivity index (χ3v) is 3.65. The van der Waals surface area contributed by atoms with E-state index in [1.807, 2.05) is 19.2 Å². The van der Waals surface area contributed by atoms with E-state index in [1.165, 1.54) is 12.8 Å². The van der Waals surface area contributed by atoms with Crippen LogP contribution in [-0.2, 0) is 0 Å². The Morgan fingerprint density at radius 1 is 1.28 bits per heavy atom. The molecule has 1 aromatic heterocycles. The lowest BCUT2D eigenvalue weighted by atomic mass is 10.1. The van der Waals surface area contributed by atoms with Gasteiger partial charge in [0.05, 0.1) is 5.52 Å². The second-order valence-corrected chi connectivity index (χ2v) is 4.79. The van der Waals surface area contributed by atoms with E-state index in [0.717, 1.165) is 29.8 Å². The number of hydrogen-bond donors (Lipinski definition) is 1. The Balaban J connectivity index is 1.98. The van der Waals surface area contributed by atoms with Gasteiger partial charge in [-0.1, -0.05) is 12.1 Å². The summed E-state index contributed by atoms with van der Waals surface area (Å²) >= 11 is 0. The van der Waals surface area contributed by atoms with Crippen LogP contribution in [0.1, 0.15) is 12.8 Å². The SMILES string of the molecule is CNC1CCCN(c2ncnc3ccccc23)C1. The fourth-order valence-electron chi connectivity index (χ4n) is 2.65. The first-order valence-electron chi connectivity index (χ1n) is 6.50. The number of aromatic nitrogens is 2. The topological polar surface area (TPSA) is 41.0 Å². The molecular weight excluding hydrogens is 224 g/mol. The Morgan fingerprint density at radius 2 is 2.17 bits per heavy atom. The number of rotatable bonds is 2. The molecule has 3 rings (SSSR count). The van der Waals surface area contributed by atoms with Gasteiger partial charge >= 0.3 is 0 Å². The molecule has 18 heavy (non-hydrogen) atoms. The molecule has 0 bridgehead atoms. The monoisotopic (exact) mass is 242 g/mol. The number of para-hydroxylation sites is 1. The van der Waals surface area contributed by atoms with Crippen LogP contribution in [0.15, 0.2) is 30.6 Å². The van der Waals surface area contributed by atoms with Crippen LogP contribution < -0.4 is 10.2 Å². The van der Waals surface area contributed by atoms with Crippen molar-refractivity contribution in [3.63, 3.8) is 0 Å². The summed E-state index contributed by atoms with van der Waals surface area (Å²) in [5.41, 5.74) is 1.02. The van der Waals surface area contributed by atoms with Crippen LogP contribution in [-0.4, -0.2) is 36.1 Å². The van der Waals surface area contributed by atoms with Gasteiger partial charge in [0.15, 0.2) is 0 Å². The van der Waals surface area contributed by atoms with Gasteiger partial charge in [-0.25, -0.2) is 9.97 Å². The number of piperidine rings is 1.